The smallest absolute Gasteiger partial charge is 0.255 e. The predicted molar refractivity (Wildman–Crippen MR) is 133 cm³/mol. The number of para-hydroxylation sites is 3. The van der Waals surface area contributed by atoms with Crippen LogP contribution in [0.25, 0.3) is 5.69 Å². The number of thioether (sulfide) groups is 1. The topological polar surface area (TPSA) is 98.1 Å². The van der Waals surface area contributed by atoms with Crippen molar-refractivity contribution in [2.75, 3.05) is 23.5 Å². The van der Waals surface area contributed by atoms with Gasteiger partial charge in [0.05, 0.1) is 24.2 Å². The Hall–Kier alpha value is -4.11. The number of hydrogen-bond donors (Lipinski definition) is 2. The number of aryl methyl sites for hydroxylation is 1. The normalized spacial score (nSPS) is 10.5. The summed E-state index contributed by atoms with van der Waals surface area (Å²) >= 11 is 1.30. The zero-order chi connectivity index (χ0) is 23.9. The molecule has 0 aliphatic carbocycles. The number of aromatic nitrogens is 3. The van der Waals surface area contributed by atoms with Gasteiger partial charge in [0.15, 0.2) is 5.16 Å². The fourth-order valence-electron chi connectivity index (χ4n) is 3.30. The molecule has 1 heterocycles. The highest BCUT2D eigenvalue weighted by atomic mass is 32.2. The van der Waals surface area contributed by atoms with E-state index in [0.29, 0.717) is 27.8 Å². The minimum atomic E-state index is -0.270. The van der Waals surface area contributed by atoms with Gasteiger partial charge in [0, 0.05) is 11.3 Å². The molecule has 0 fully saturated rings. The van der Waals surface area contributed by atoms with E-state index in [-0.39, 0.29) is 17.6 Å². The first-order chi connectivity index (χ1) is 16.5. The Morgan fingerprint density at radius 1 is 0.971 bits per heavy atom. The summed E-state index contributed by atoms with van der Waals surface area (Å²) in [5, 5.41) is 14.4. The molecule has 2 amide bonds. The van der Waals surface area contributed by atoms with Crippen LogP contribution < -0.4 is 15.4 Å². The van der Waals surface area contributed by atoms with E-state index in [2.05, 4.69) is 20.8 Å². The van der Waals surface area contributed by atoms with Crippen molar-refractivity contribution in [3.05, 3.63) is 90.3 Å². The number of hydrogen-bond acceptors (Lipinski definition) is 6. The number of anilines is 2. The fourth-order valence-corrected chi connectivity index (χ4v) is 4.02. The van der Waals surface area contributed by atoms with E-state index in [0.717, 1.165) is 11.3 Å². The van der Waals surface area contributed by atoms with E-state index in [1.165, 1.54) is 11.8 Å². The molecule has 4 rings (SSSR count). The lowest BCUT2D eigenvalue weighted by atomic mass is 10.2. The van der Waals surface area contributed by atoms with E-state index in [1.807, 2.05) is 47.9 Å². The average Bonchev–Trinajstić information content (AvgIpc) is 3.32. The maximum absolute atomic E-state index is 12.5. The van der Waals surface area contributed by atoms with E-state index in [9.17, 15) is 9.59 Å². The van der Waals surface area contributed by atoms with Gasteiger partial charge in [-0.3, -0.25) is 14.2 Å². The summed E-state index contributed by atoms with van der Waals surface area (Å²) in [6.07, 6.45) is 1.64. The van der Waals surface area contributed by atoms with Gasteiger partial charge >= 0.3 is 0 Å². The summed E-state index contributed by atoms with van der Waals surface area (Å²) in [4.78, 5) is 25.0. The molecule has 8 nitrogen and oxygen atoms in total. The molecule has 3 aromatic carbocycles. The zero-order valence-electron chi connectivity index (χ0n) is 18.7. The second-order valence-corrected chi connectivity index (χ2v) is 8.28. The van der Waals surface area contributed by atoms with Gasteiger partial charge in [-0.15, -0.1) is 10.2 Å². The number of methoxy groups -OCH3 is 1. The summed E-state index contributed by atoms with van der Waals surface area (Å²) in [5.74, 6) is 0.292. The van der Waals surface area contributed by atoms with Crippen LogP contribution in [0.15, 0.2) is 84.3 Å². The minimum Gasteiger partial charge on any atom is -0.495 e. The molecule has 0 saturated heterocycles. The van der Waals surface area contributed by atoms with Gasteiger partial charge < -0.3 is 15.4 Å². The van der Waals surface area contributed by atoms with Crippen LogP contribution in [-0.4, -0.2) is 39.4 Å². The molecule has 0 unspecified atom stereocenters. The first-order valence-electron chi connectivity index (χ1n) is 10.5. The van der Waals surface area contributed by atoms with E-state index < -0.39 is 0 Å². The number of ether oxygens (including phenoxy) is 1. The summed E-state index contributed by atoms with van der Waals surface area (Å²) < 4.78 is 7.12. The molecule has 34 heavy (non-hydrogen) atoms. The zero-order valence-corrected chi connectivity index (χ0v) is 19.5. The molecule has 1 aromatic heterocycles. The number of benzene rings is 3. The summed E-state index contributed by atoms with van der Waals surface area (Å²) in [5.41, 5.74) is 3.70. The van der Waals surface area contributed by atoms with E-state index in [1.54, 1.807) is 49.8 Å². The third kappa shape index (κ3) is 5.44. The Labute approximate surface area is 201 Å². The lowest BCUT2D eigenvalue weighted by Crippen LogP contribution is -2.15. The monoisotopic (exact) mass is 473 g/mol. The number of nitrogens with one attached hydrogen (secondary N) is 2. The van der Waals surface area contributed by atoms with Gasteiger partial charge in [0.2, 0.25) is 5.91 Å². The van der Waals surface area contributed by atoms with Crippen molar-refractivity contribution in [3.8, 4) is 11.4 Å². The maximum Gasteiger partial charge on any atom is 0.255 e. The first kappa shape index (κ1) is 23.1. The maximum atomic E-state index is 12.5. The van der Waals surface area contributed by atoms with Crippen molar-refractivity contribution >= 4 is 35.0 Å². The molecule has 0 atom stereocenters. The lowest BCUT2D eigenvalue weighted by Gasteiger charge is -2.11. The number of rotatable bonds is 8. The molecular formula is C25H23N5O3S. The first-order valence-corrected chi connectivity index (χ1v) is 11.5. The Bertz CT molecular complexity index is 1300. The third-order valence-electron chi connectivity index (χ3n) is 5.01. The third-order valence-corrected chi connectivity index (χ3v) is 5.95. The Morgan fingerprint density at radius 3 is 2.47 bits per heavy atom. The average molecular weight is 474 g/mol. The Morgan fingerprint density at radius 2 is 1.71 bits per heavy atom. The van der Waals surface area contributed by atoms with Gasteiger partial charge in [-0.2, -0.15) is 0 Å². The van der Waals surface area contributed by atoms with Crippen LogP contribution >= 0.6 is 11.8 Å². The number of carbonyl (C=O) groups excluding carboxylic acids is 2. The quantitative estimate of drug-likeness (QED) is 0.364. The van der Waals surface area contributed by atoms with E-state index >= 15 is 0 Å². The summed E-state index contributed by atoms with van der Waals surface area (Å²) in [6.45, 7) is 2.01. The van der Waals surface area contributed by atoms with Crippen LogP contribution in [0.5, 0.6) is 5.75 Å². The molecule has 9 heteroatoms. The Kier molecular flexibility index (Phi) is 7.24. The van der Waals surface area contributed by atoms with Crippen molar-refractivity contribution < 1.29 is 14.3 Å². The van der Waals surface area contributed by atoms with Gasteiger partial charge in [-0.1, -0.05) is 42.1 Å². The fraction of sp³-hybridized carbons (Fsp3) is 0.120. The van der Waals surface area contributed by atoms with Crippen molar-refractivity contribution in [2.45, 2.75) is 12.1 Å². The second-order valence-electron chi connectivity index (χ2n) is 7.34. The van der Waals surface area contributed by atoms with Crippen LogP contribution in [-0.2, 0) is 4.79 Å². The lowest BCUT2D eigenvalue weighted by molar-refractivity contribution is -0.113. The molecule has 4 aromatic rings. The van der Waals surface area contributed by atoms with Crippen molar-refractivity contribution in [2.24, 2.45) is 0 Å². The standard InChI is InChI=1S/C25H23N5O3S/c1-17-7-3-5-9-21(17)30-16-26-29-25(30)34-15-23(31)27-19-13-11-18(12-14-19)24(32)28-20-8-4-6-10-22(20)33-2/h3-14,16H,15H2,1-2H3,(H,27,31)(H,28,32). The minimum absolute atomic E-state index is 0.167. The molecule has 0 radical (unpaired) electrons. The van der Waals surface area contributed by atoms with Crippen molar-refractivity contribution in [3.63, 3.8) is 0 Å². The van der Waals surface area contributed by atoms with E-state index in [4.69, 9.17) is 4.74 Å². The predicted octanol–water partition coefficient (Wildman–Crippen LogP) is 4.57. The Balaban J connectivity index is 1.34. The van der Waals surface area contributed by atoms with Crippen molar-refractivity contribution in [1.29, 1.82) is 0 Å². The number of nitrogens with zero attached hydrogens (tertiary/aromatic N) is 3. The van der Waals surface area contributed by atoms with Crippen LogP contribution in [0.3, 0.4) is 0 Å². The highest BCUT2D eigenvalue weighted by molar-refractivity contribution is 7.99. The summed E-state index contributed by atoms with van der Waals surface area (Å²) in [6, 6.07) is 21.8. The molecular weight excluding hydrogens is 450 g/mol. The van der Waals surface area contributed by atoms with Gasteiger partial charge in [-0.25, -0.2) is 0 Å². The highest BCUT2D eigenvalue weighted by Gasteiger charge is 2.13. The molecule has 0 spiro atoms. The van der Waals surface area contributed by atoms with Gasteiger partial charge in [-0.05, 0) is 55.0 Å². The van der Waals surface area contributed by atoms with Crippen LogP contribution in [0.2, 0.25) is 0 Å². The summed E-state index contributed by atoms with van der Waals surface area (Å²) in [7, 11) is 1.55. The number of carbonyl (C=O) groups is 2. The molecule has 0 aliphatic rings. The molecule has 172 valence electrons. The molecule has 0 aliphatic heterocycles. The largest absolute Gasteiger partial charge is 0.495 e. The highest BCUT2D eigenvalue weighted by Crippen LogP contribution is 2.24. The van der Waals surface area contributed by atoms with Crippen LogP contribution in [0, 0.1) is 6.92 Å². The molecule has 0 bridgehead atoms. The van der Waals surface area contributed by atoms with Crippen LogP contribution in [0.4, 0.5) is 11.4 Å². The molecule has 2 N–H and O–H groups in total. The van der Waals surface area contributed by atoms with Gasteiger partial charge in [0.1, 0.15) is 12.1 Å². The SMILES string of the molecule is COc1ccccc1NC(=O)c1ccc(NC(=O)CSc2nncn2-c2ccccc2C)cc1. The number of amides is 2. The van der Waals surface area contributed by atoms with Gasteiger partial charge in [0.25, 0.3) is 5.91 Å². The second kappa shape index (κ2) is 10.7. The van der Waals surface area contributed by atoms with Crippen molar-refractivity contribution in [1.82, 2.24) is 14.8 Å². The molecule has 0 saturated carbocycles. The van der Waals surface area contributed by atoms with Crippen LogP contribution in [0.1, 0.15) is 15.9 Å².